The summed E-state index contributed by atoms with van der Waals surface area (Å²) in [4.78, 5) is 35.8. The van der Waals surface area contributed by atoms with Crippen molar-refractivity contribution in [3.63, 3.8) is 0 Å². The molecule has 0 atom stereocenters. The summed E-state index contributed by atoms with van der Waals surface area (Å²) < 4.78 is 17.9. The van der Waals surface area contributed by atoms with Crippen molar-refractivity contribution in [2.75, 3.05) is 0 Å². The molecule has 0 amide bonds. The van der Waals surface area contributed by atoms with Crippen molar-refractivity contribution >= 4 is 44.0 Å². The first-order valence-electron chi connectivity index (χ1n) is 8.97. The summed E-state index contributed by atoms with van der Waals surface area (Å²) in [6.45, 7) is 0.313. The zero-order chi connectivity index (χ0) is 20.4. The Labute approximate surface area is 172 Å². The molecule has 0 aliphatic carbocycles. The van der Waals surface area contributed by atoms with E-state index in [1.807, 2.05) is 12.1 Å². The number of rotatable bonds is 6. The van der Waals surface area contributed by atoms with Gasteiger partial charge in [0.1, 0.15) is 12.2 Å². The van der Waals surface area contributed by atoms with E-state index >= 15 is 0 Å². The van der Waals surface area contributed by atoms with Gasteiger partial charge in [0.25, 0.3) is 0 Å². The fourth-order valence-corrected chi connectivity index (χ4v) is 3.50. The van der Waals surface area contributed by atoms with Gasteiger partial charge in [-0.15, -0.1) is 0 Å². The predicted octanol–water partition coefficient (Wildman–Crippen LogP) is 3.99. The highest BCUT2D eigenvalue weighted by molar-refractivity contribution is 9.10. The van der Waals surface area contributed by atoms with Crippen LogP contribution in [0.15, 0.2) is 71.4 Å². The number of benzene rings is 2. The molecule has 148 valence electrons. The number of nitrogens with zero attached hydrogens (tertiary/aromatic N) is 1. The number of fused-ring (bicyclic) bond motifs is 2. The molecule has 2 heterocycles. The molecule has 0 saturated carbocycles. The maximum absolute atomic E-state index is 12.1. The summed E-state index contributed by atoms with van der Waals surface area (Å²) in [6, 6.07) is 13.8. The normalized spacial score (nSPS) is 11.2. The van der Waals surface area contributed by atoms with Gasteiger partial charge in [0.2, 0.25) is 0 Å². The summed E-state index contributed by atoms with van der Waals surface area (Å²) in [5.74, 6) is -0.863. The lowest BCUT2D eigenvalue weighted by molar-refractivity contribution is -0.145. The van der Waals surface area contributed by atoms with Crippen molar-refractivity contribution in [2.45, 2.75) is 26.0 Å². The first kappa shape index (κ1) is 19.2. The van der Waals surface area contributed by atoms with Gasteiger partial charge in [0, 0.05) is 34.5 Å². The number of hydrogen-bond acceptors (Lipinski definition) is 6. The molecule has 4 rings (SSSR count). The van der Waals surface area contributed by atoms with Crippen LogP contribution >= 0.6 is 15.9 Å². The Morgan fingerprint density at radius 1 is 1.03 bits per heavy atom. The van der Waals surface area contributed by atoms with Gasteiger partial charge in [-0.2, -0.15) is 0 Å². The average molecular weight is 458 g/mol. The molecule has 4 aromatic rings. The standard InChI is InChI=1S/C21H16BrNO6/c22-14-7-8-15-13(10-20(25)28-18(15)11-14)12-27-19(24)6-3-9-23-16-4-1-2-5-17(16)29-21(23)26/h1-2,4-5,7-8,10-11H,3,6,9,12H2. The summed E-state index contributed by atoms with van der Waals surface area (Å²) in [5, 5.41) is 0.706. The zero-order valence-electron chi connectivity index (χ0n) is 15.2. The second-order valence-electron chi connectivity index (χ2n) is 6.48. The van der Waals surface area contributed by atoms with Crippen molar-refractivity contribution in [1.29, 1.82) is 0 Å². The molecule has 2 aromatic heterocycles. The Hall–Kier alpha value is -3.13. The number of carbonyl (C=O) groups is 1. The smallest absolute Gasteiger partial charge is 0.419 e. The number of hydrogen-bond donors (Lipinski definition) is 0. The van der Waals surface area contributed by atoms with Gasteiger partial charge in [0.05, 0.1) is 5.52 Å². The van der Waals surface area contributed by atoms with Crippen LogP contribution in [0.2, 0.25) is 0 Å². The van der Waals surface area contributed by atoms with Gasteiger partial charge in [-0.25, -0.2) is 9.59 Å². The molecule has 0 unspecified atom stereocenters. The number of oxazole rings is 1. The summed E-state index contributed by atoms with van der Waals surface area (Å²) >= 11 is 3.33. The number of carbonyl (C=O) groups excluding carboxylic acids is 1. The lowest BCUT2D eigenvalue weighted by Crippen LogP contribution is -2.15. The third kappa shape index (κ3) is 4.17. The van der Waals surface area contributed by atoms with Crippen molar-refractivity contribution in [3.8, 4) is 0 Å². The highest BCUT2D eigenvalue weighted by Gasteiger charge is 2.11. The molecule has 0 aliphatic heterocycles. The molecule has 0 bridgehead atoms. The van der Waals surface area contributed by atoms with Crippen LogP contribution < -0.4 is 11.4 Å². The van der Waals surface area contributed by atoms with E-state index in [-0.39, 0.29) is 13.0 Å². The van der Waals surface area contributed by atoms with Crippen LogP contribution in [0.25, 0.3) is 22.1 Å². The molecule has 2 aromatic carbocycles. The maximum atomic E-state index is 12.1. The number of halogens is 1. The predicted molar refractivity (Wildman–Crippen MR) is 110 cm³/mol. The molecule has 29 heavy (non-hydrogen) atoms. The van der Waals surface area contributed by atoms with Gasteiger partial charge >= 0.3 is 17.4 Å². The Morgan fingerprint density at radius 2 is 1.86 bits per heavy atom. The molecule has 0 spiro atoms. The van der Waals surface area contributed by atoms with Crippen LogP contribution in [-0.2, 0) is 22.7 Å². The van der Waals surface area contributed by atoms with E-state index in [1.54, 1.807) is 30.3 Å². The fourth-order valence-electron chi connectivity index (χ4n) is 3.16. The Bertz CT molecular complexity index is 1320. The average Bonchev–Trinajstić information content (AvgIpc) is 3.01. The van der Waals surface area contributed by atoms with Gasteiger partial charge in [-0.1, -0.05) is 28.1 Å². The number of aryl methyl sites for hydroxylation is 1. The van der Waals surface area contributed by atoms with E-state index in [0.717, 1.165) is 4.47 Å². The van der Waals surface area contributed by atoms with Gasteiger partial charge in [-0.05, 0) is 36.8 Å². The van der Waals surface area contributed by atoms with Gasteiger partial charge in [-0.3, -0.25) is 9.36 Å². The quantitative estimate of drug-likeness (QED) is 0.321. The highest BCUT2D eigenvalue weighted by atomic mass is 79.9. The van der Waals surface area contributed by atoms with Crippen LogP contribution in [0.3, 0.4) is 0 Å². The van der Waals surface area contributed by atoms with Crippen LogP contribution in [0.5, 0.6) is 0 Å². The van der Waals surface area contributed by atoms with Crippen LogP contribution in [0.1, 0.15) is 18.4 Å². The maximum Gasteiger partial charge on any atom is 0.419 e. The molecule has 0 saturated heterocycles. The molecular weight excluding hydrogens is 442 g/mol. The van der Waals surface area contributed by atoms with Crippen molar-refractivity contribution in [1.82, 2.24) is 4.57 Å². The Balaban J connectivity index is 1.38. The third-order valence-corrected chi connectivity index (χ3v) is 5.01. The molecule has 0 aliphatic rings. The molecule has 0 fully saturated rings. The minimum atomic E-state index is -0.507. The Morgan fingerprint density at radius 3 is 2.72 bits per heavy atom. The topological polar surface area (TPSA) is 91.6 Å². The van der Waals surface area contributed by atoms with Crippen LogP contribution in [0, 0.1) is 0 Å². The van der Waals surface area contributed by atoms with Crippen LogP contribution in [0.4, 0.5) is 0 Å². The zero-order valence-corrected chi connectivity index (χ0v) is 16.8. The van der Waals surface area contributed by atoms with Gasteiger partial charge in [0.15, 0.2) is 5.58 Å². The first-order valence-corrected chi connectivity index (χ1v) is 9.77. The van der Waals surface area contributed by atoms with Crippen LogP contribution in [-0.4, -0.2) is 10.5 Å². The highest BCUT2D eigenvalue weighted by Crippen LogP contribution is 2.22. The van der Waals surface area contributed by atoms with Crippen molar-refractivity contribution in [3.05, 3.63) is 79.5 Å². The van der Waals surface area contributed by atoms with E-state index in [2.05, 4.69) is 15.9 Å². The van der Waals surface area contributed by atoms with Crippen molar-refractivity contribution in [2.24, 2.45) is 0 Å². The Kier molecular flexibility index (Phi) is 5.35. The van der Waals surface area contributed by atoms with E-state index in [4.69, 9.17) is 13.6 Å². The molecule has 8 heteroatoms. The lowest BCUT2D eigenvalue weighted by atomic mass is 10.1. The monoisotopic (exact) mass is 457 g/mol. The van der Waals surface area contributed by atoms with Crippen molar-refractivity contribution < 1.29 is 18.4 Å². The van der Waals surface area contributed by atoms with E-state index < -0.39 is 17.4 Å². The first-order chi connectivity index (χ1) is 14.0. The summed E-state index contributed by atoms with van der Waals surface area (Å²) in [6.07, 6.45) is 0.559. The minimum Gasteiger partial charge on any atom is -0.461 e. The third-order valence-electron chi connectivity index (χ3n) is 4.52. The summed E-state index contributed by atoms with van der Waals surface area (Å²) in [5.41, 5.74) is 1.70. The molecule has 7 nitrogen and oxygen atoms in total. The summed E-state index contributed by atoms with van der Waals surface area (Å²) in [7, 11) is 0. The van der Waals surface area contributed by atoms with Gasteiger partial charge < -0.3 is 13.6 Å². The largest absolute Gasteiger partial charge is 0.461 e. The number of esters is 1. The fraction of sp³-hybridized carbons (Fsp3) is 0.190. The second-order valence-corrected chi connectivity index (χ2v) is 7.40. The molecular formula is C21H16BrNO6. The number of aromatic nitrogens is 1. The van der Waals surface area contributed by atoms with E-state index in [9.17, 15) is 14.4 Å². The SMILES string of the molecule is O=C(CCCn1c(=O)oc2ccccc21)OCc1cc(=O)oc2cc(Br)ccc12. The van der Waals surface area contributed by atoms with E-state index in [0.29, 0.717) is 40.6 Å². The second kappa shape index (κ2) is 8.08. The lowest BCUT2D eigenvalue weighted by Gasteiger charge is -2.08. The minimum absolute atomic E-state index is 0.0306. The van der Waals surface area contributed by atoms with E-state index in [1.165, 1.54) is 10.6 Å². The molecule has 0 N–H and O–H groups in total. The number of ether oxygens (including phenoxy) is 1. The number of para-hydroxylation sites is 2. The molecule has 0 radical (unpaired) electrons.